The number of benzene rings is 1. The molecular formula is C13H14FNOS. The summed E-state index contributed by atoms with van der Waals surface area (Å²) in [6.07, 6.45) is 3.39. The van der Waals surface area contributed by atoms with E-state index in [1.165, 1.54) is 6.07 Å². The van der Waals surface area contributed by atoms with Crippen molar-refractivity contribution < 1.29 is 8.81 Å². The van der Waals surface area contributed by atoms with Crippen LogP contribution in [-0.4, -0.2) is 12.3 Å². The molecule has 0 saturated carbocycles. The molecule has 0 saturated heterocycles. The maximum absolute atomic E-state index is 12.9. The zero-order chi connectivity index (χ0) is 11.9. The van der Waals surface area contributed by atoms with Crippen LogP contribution in [0, 0.1) is 5.82 Å². The van der Waals surface area contributed by atoms with Crippen LogP contribution in [-0.2, 0) is 6.54 Å². The molecule has 0 spiro atoms. The van der Waals surface area contributed by atoms with Crippen LogP contribution in [0.1, 0.15) is 5.56 Å². The van der Waals surface area contributed by atoms with Gasteiger partial charge in [-0.3, -0.25) is 0 Å². The summed E-state index contributed by atoms with van der Waals surface area (Å²) in [6.45, 7) is 1.69. The summed E-state index contributed by atoms with van der Waals surface area (Å²) in [7, 11) is 0. The number of thioether (sulfide) groups is 1. The average Bonchev–Trinajstić information content (AvgIpc) is 2.82. The minimum Gasteiger partial charge on any atom is -0.472 e. The Morgan fingerprint density at radius 2 is 2.24 bits per heavy atom. The number of hydrogen-bond acceptors (Lipinski definition) is 3. The van der Waals surface area contributed by atoms with Gasteiger partial charge in [0.2, 0.25) is 0 Å². The molecule has 2 nitrogen and oxygen atoms in total. The van der Waals surface area contributed by atoms with E-state index in [1.54, 1.807) is 36.4 Å². The summed E-state index contributed by atoms with van der Waals surface area (Å²) >= 11 is 1.65. The Labute approximate surface area is 104 Å². The molecule has 0 atom stereocenters. The van der Waals surface area contributed by atoms with Gasteiger partial charge >= 0.3 is 0 Å². The van der Waals surface area contributed by atoms with Gasteiger partial charge in [0.15, 0.2) is 0 Å². The van der Waals surface area contributed by atoms with E-state index in [0.29, 0.717) is 0 Å². The molecular weight excluding hydrogens is 237 g/mol. The molecule has 1 aromatic carbocycles. The fourth-order valence-corrected chi connectivity index (χ4v) is 2.28. The first-order chi connectivity index (χ1) is 8.34. The molecule has 4 heteroatoms. The molecule has 0 bridgehead atoms. The van der Waals surface area contributed by atoms with Crippen molar-refractivity contribution in [3.8, 4) is 0 Å². The molecule has 2 rings (SSSR count). The zero-order valence-electron chi connectivity index (χ0n) is 9.36. The van der Waals surface area contributed by atoms with E-state index in [9.17, 15) is 4.39 Å². The predicted octanol–water partition coefficient (Wildman–Crippen LogP) is 3.30. The monoisotopic (exact) mass is 251 g/mol. The topological polar surface area (TPSA) is 25.2 Å². The third kappa shape index (κ3) is 4.24. The number of furan rings is 1. The van der Waals surface area contributed by atoms with Crippen molar-refractivity contribution >= 4 is 11.8 Å². The maximum atomic E-state index is 12.9. The van der Waals surface area contributed by atoms with Crippen molar-refractivity contribution in [1.82, 2.24) is 5.32 Å². The highest BCUT2D eigenvalue weighted by molar-refractivity contribution is 7.99. The Hall–Kier alpha value is -1.26. The Kier molecular flexibility index (Phi) is 4.64. The van der Waals surface area contributed by atoms with Gasteiger partial charge in [-0.25, -0.2) is 4.39 Å². The minimum atomic E-state index is -0.179. The first-order valence-corrected chi connectivity index (χ1v) is 6.43. The molecule has 1 aromatic heterocycles. The molecule has 17 heavy (non-hydrogen) atoms. The summed E-state index contributed by atoms with van der Waals surface area (Å²) in [6, 6.07) is 8.61. The van der Waals surface area contributed by atoms with Crippen molar-refractivity contribution in [2.45, 2.75) is 11.4 Å². The van der Waals surface area contributed by atoms with Gasteiger partial charge in [0.25, 0.3) is 0 Å². The molecule has 2 aromatic rings. The van der Waals surface area contributed by atoms with Crippen LogP contribution < -0.4 is 5.32 Å². The lowest BCUT2D eigenvalue weighted by atomic mass is 10.3. The fourth-order valence-electron chi connectivity index (χ4n) is 1.42. The largest absolute Gasteiger partial charge is 0.472 e. The molecule has 0 aliphatic heterocycles. The Morgan fingerprint density at radius 3 is 3.00 bits per heavy atom. The molecule has 0 amide bonds. The summed E-state index contributed by atoms with van der Waals surface area (Å²) in [5.74, 6) is 0.739. The predicted molar refractivity (Wildman–Crippen MR) is 67.5 cm³/mol. The molecule has 0 radical (unpaired) electrons. The van der Waals surface area contributed by atoms with Crippen LogP contribution in [0.25, 0.3) is 0 Å². The maximum Gasteiger partial charge on any atom is 0.124 e. The van der Waals surface area contributed by atoms with Crippen molar-refractivity contribution in [2.75, 3.05) is 12.3 Å². The lowest BCUT2D eigenvalue weighted by Gasteiger charge is -2.03. The van der Waals surface area contributed by atoms with Crippen LogP contribution in [0.5, 0.6) is 0 Å². The van der Waals surface area contributed by atoms with Gasteiger partial charge in [-0.15, -0.1) is 11.8 Å². The van der Waals surface area contributed by atoms with E-state index < -0.39 is 0 Å². The standard InChI is InChI=1S/C13H14FNOS/c14-12-2-1-3-13(8-12)17-7-5-15-9-11-4-6-16-10-11/h1-4,6,8,10,15H,5,7,9H2. The third-order valence-corrected chi connectivity index (χ3v) is 3.25. The second-order valence-corrected chi connectivity index (χ2v) is 4.78. The molecule has 90 valence electrons. The van der Waals surface area contributed by atoms with Crippen LogP contribution in [0.2, 0.25) is 0 Å². The van der Waals surface area contributed by atoms with Crippen LogP contribution in [0.15, 0.2) is 52.2 Å². The zero-order valence-corrected chi connectivity index (χ0v) is 10.2. The van der Waals surface area contributed by atoms with Gasteiger partial charge in [0.1, 0.15) is 5.82 Å². The lowest BCUT2D eigenvalue weighted by Crippen LogP contribution is -2.15. The molecule has 1 heterocycles. The van der Waals surface area contributed by atoms with E-state index in [4.69, 9.17) is 4.42 Å². The van der Waals surface area contributed by atoms with Crippen LogP contribution >= 0.6 is 11.8 Å². The van der Waals surface area contributed by atoms with Crippen molar-refractivity contribution in [1.29, 1.82) is 0 Å². The Bertz CT molecular complexity index is 444. The number of hydrogen-bond donors (Lipinski definition) is 1. The Morgan fingerprint density at radius 1 is 1.29 bits per heavy atom. The first kappa shape index (κ1) is 12.2. The molecule has 1 N–H and O–H groups in total. The van der Waals surface area contributed by atoms with Gasteiger partial charge in [0.05, 0.1) is 12.5 Å². The van der Waals surface area contributed by atoms with Crippen LogP contribution in [0.3, 0.4) is 0 Å². The van der Waals surface area contributed by atoms with Gasteiger partial charge in [-0.05, 0) is 24.3 Å². The van der Waals surface area contributed by atoms with E-state index in [2.05, 4.69) is 5.32 Å². The molecule has 0 aliphatic rings. The third-order valence-electron chi connectivity index (χ3n) is 2.25. The van der Waals surface area contributed by atoms with E-state index in [-0.39, 0.29) is 5.82 Å². The quantitative estimate of drug-likeness (QED) is 0.630. The molecule has 0 aliphatic carbocycles. The van der Waals surface area contributed by atoms with Gasteiger partial charge < -0.3 is 9.73 Å². The smallest absolute Gasteiger partial charge is 0.124 e. The highest BCUT2D eigenvalue weighted by atomic mass is 32.2. The normalized spacial score (nSPS) is 10.6. The van der Waals surface area contributed by atoms with E-state index in [0.717, 1.165) is 29.3 Å². The van der Waals surface area contributed by atoms with Crippen LogP contribution in [0.4, 0.5) is 4.39 Å². The fraction of sp³-hybridized carbons (Fsp3) is 0.231. The summed E-state index contributed by atoms with van der Waals surface area (Å²) in [5, 5.41) is 3.30. The second-order valence-electron chi connectivity index (χ2n) is 3.61. The number of halogens is 1. The number of rotatable bonds is 6. The summed E-state index contributed by atoms with van der Waals surface area (Å²) in [5.41, 5.74) is 1.14. The van der Waals surface area contributed by atoms with Gasteiger partial charge in [0, 0.05) is 29.3 Å². The van der Waals surface area contributed by atoms with E-state index >= 15 is 0 Å². The Balaban J connectivity index is 1.63. The van der Waals surface area contributed by atoms with Gasteiger partial charge in [-0.1, -0.05) is 6.07 Å². The number of nitrogens with one attached hydrogen (secondary N) is 1. The minimum absolute atomic E-state index is 0.179. The highest BCUT2D eigenvalue weighted by Gasteiger charge is 1.97. The summed E-state index contributed by atoms with van der Waals surface area (Å²) in [4.78, 5) is 0.968. The second kappa shape index (κ2) is 6.47. The van der Waals surface area contributed by atoms with Crippen molar-refractivity contribution in [2.24, 2.45) is 0 Å². The first-order valence-electron chi connectivity index (χ1n) is 5.45. The molecule has 0 fully saturated rings. The molecule has 0 unspecified atom stereocenters. The lowest BCUT2D eigenvalue weighted by molar-refractivity contribution is 0.561. The average molecular weight is 251 g/mol. The summed E-state index contributed by atoms with van der Waals surface area (Å²) < 4.78 is 17.9. The van der Waals surface area contributed by atoms with Crippen molar-refractivity contribution in [3.05, 3.63) is 54.2 Å². The highest BCUT2D eigenvalue weighted by Crippen LogP contribution is 2.17. The SMILES string of the molecule is Fc1cccc(SCCNCc2ccoc2)c1. The van der Waals surface area contributed by atoms with Gasteiger partial charge in [-0.2, -0.15) is 0 Å². The van der Waals surface area contributed by atoms with E-state index in [1.807, 2.05) is 12.1 Å². The van der Waals surface area contributed by atoms with Crippen molar-refractivity contribution in [3.63, 3.8) is 0 Å².